The van der Waals surface area contributed by atoms with Crippen molar-refractivity contribution in [1.29, 1.82) is 0 Å². The van der Waals surface area contributed by atoms with Crippen molar-refractivity contribution in [2.75, 3.05) is 33.4 Å². The maximum absolute atomic E-state index is 13.1. The van der Waals surface area contributed by atoms with Crippen molar-refractivity contribution < 1.29 is 17.5 Å². The summed E-state index contributed by atoms with van der Waals surface area (Å²) in [6, 6.07) is 2.01. The molecule has 1 aromatic rings. The van der Waals surface area contributed by atoms with Crippen LogP contribution in [0.2, 0.25) is 5.02 Å². The lowest BCUT2D eigenvalue weighted by Gasteiger charge is -2.11. The summed E-state index contributed by atoms with van der Waals surface area (Å²) >= 11 is 8.78. The van der Waals surface area contributed by atoms with E-state index in [0.29, 0.717) is 19.7 Å². The predicted octanol–water partition coefficient (Wildman–Crippen LogP) is 1.76. The van der Waals surface area contributed by atoms with E-state index < -0.39 is 15.8 Å². The smallest absolute Gasteiger partial charge is 0.243 e. The predicted molar refractivity (Wildman–Crippen MR) is 79.0 cm³/mol. The van der Waals surface area contributed by atoms with E-state index in [1.807, 2.05) is 0 Å². The largest absolute Gasteiger partial charge is 0.383 e. The first-order valence-electron chi connectivity index (χ1n) is 5.72. The molecule has 114 valence electrons. The summed E-state index contributed by atoms with van der Waals surface area (Å²) in [6.45, 7) is 1.80. The van der Waals surface area contributed by atoms with Gasteiger partial charge in [0.15, 0.2) is 0 Å². The van der Waals surface area contributed by atoms with Crippen LogP contribution in [0.15, 0.2) is 21.5 Å². The highest BCUT2D eigenvalue weighted by atomic mass is 79.9. The lowest BCUT2D eigenvalue weighted by molar-refractivity contribution is 0.199. The molecule has 0 aliphatic carbocycles. The van der Waals surface area contributed by atoms with Crippen LogP contribution in [0.3, 0.4) is 0 Å². The van der Waals surface area contributed by atoms with E-state index in [9.17, 15) is 12.8 Å². The zero-order valence-electron chi connectivity index (χ0n) is 10.8. The highest BCUT2D eigenvalue weighted by Gasteiger charge is 2.21. The van der Waals surface area contributed by atoms with Crippen molar-refractivity contribution in [2.45, 2.75) is 4.90 Å². The van der Waals surface area contributed by atoms with Gasteiger partial charge in [-0.2, -0.15) is 0 Å². The van der Waals surface area contributed by atoms with E-state index in [0.717, 1.165) is 12.1 Å². The molecule has 0 atom stereocenters. The Morgan fingerprint density at radius 3 is 2.65 bits per heavy atom. The molecule has 2 N–H and O–H groups in total. The molecule has 1 aromatic carbocycles. The Labute approximate surface area is 131 Å². The van der Waals surface area contributed by atoms with Crippen molar-refractivity contribution in [3.05, 3.63) is 27.4 Å². The van der Waals surface area contributed by atoms with Crippen LogP contribution in [-0.4, -0.2) is 41.8 Å². The second kappa shape index (κ2) is 8.26. The highest BCUT2D eigenvalue weighted by molar-refractivity contribution is 9.10. The van der Waals surface area contributed by atoms with Crippen molar-refractivity contribution in [2.24, 2.45) is 0 Å². The Hall–Kier alpha value is -0.250. The van der Waals surface area contributed by atoms with Crippen LogP contribution < -0.4 is 10.0 Å². The van der Waals surface area contributed by atoms with E-state index in [4.69, 9.17) is 16.3 Å². The van der Waals surface area contributed by atoms with Crippen LogP contribution in [0.25, 0.3) is 0 Å². The van der Waals surface area contributed by atoms with Gasteiger partial charge in [0.2, 0.25) is 10.0 Å². The molecule has 20 heavy (non-hydrogen) atoms. The number of rotatable bonds is 8. The molecule has 0 heterocycles. The normalized spacial score (nSPS) is 11.8. The summed E-state index contributed by atoms with van der Waals surface area (Å²) in [5, 5.41) is 2.82. The number of sulfonamides is 1. The third-order valence-corrected chi connectivity index (χ3v) is 5.17. The average molecular weight is 390 g/mol. The number of halogens is 3. The topological polar surface area (TPSA) is 67.4 Å². The summed E-state index contributed by atoms with van der Waals surface area (Å²) in [5.74, 6) is -0.609. The maximum atomic E-state index is 13.1. The van der Waals surface area contributed by atoms with E-state index in [-0.39, 0.29) is 20.9 Å². The van der Waals surface area contributed by atoms with Gasteiger partial charge in [0, 0.05) is 31.2 Å². The Kier molecular flexibility index (Phi) is 7.35. The summed E-state index contributed by atoms with van der Waals surface area (Å²) < 4.78 is 44.5. The van der Waals surface area contributed by atoms with Crippen molar-refractivity contribution in [1.82, 2.24) is 10.0 Å². The van der Waals surface area contributed by atoms with Crippen LogP contribution in [0, 0.1) is 5.82 Å². The molecule has 1 rings (SSSR count). The van der Waals surface area contributed by atoms with Crippen LogP contribution >= 0.6 is 27.5 Å². The summed E-state index contributed by atoms with van der Waals surface area (Å²) in [5.41, 5.74) is 0. The van der Waals surface area contributed by atoms with Gasteiger partial charge in [0.05, 0.1) is 11.6 Å². The van der Waals surface area contributed by atoms with Crippen LogP contribution in [0.5, 0.6) is 0 Å². The van der Waals surface area contributed by atoms with Gasteiger partial charge in [-0.15, -0.1) is 0 Å². The minimum Gasteiger partial charge on any atom is -0.383 e. The Bertz CT molecular complexity index is 534. The second-order valence-corrected chi connectivity index (χ2v) is 6.80. The van der Waals surface area contributed by atoms with Gasteiger partial charge < -0.3 is 10.1 Å². The average Bonchev–Trinajstić information content (AvgIpc) is 2.31. The van der Waals surface area contributed by atoms with Gasteiger partial charge in [0.25, 0.3) is 0 Å². The molecule has 0 unspecified atom stereocenters. The molecular weight excluding hydrogens is 375 g/mol. The fourth-order valence-corrected chi connectivity index (χ4v) is 4.27. The molecule has 0 fully saturated rings. The quantitative estimate of drug-likeness (QED) is 0.665. The number of hydrogen-bond donors (Lipinski definition) is 2. The molecule has 0 bridgehead atoms. The molecule has 0 radical (unpaired) electrons. The molecule has 0 aromatic heterocycles. The van der Waals surface area contributed by atoms with Gasteiger partial charge >= 0.3 is 0 Å². The number of benzene rings is 1. The molecule has 0 aliphatic heterocycles. The van der Waals surface area contributed by atoms with Gasteiger partial charge in [-0.3, -0.25) is 0 Å². The Morgan fingerprint density at radius 2 is 2.05 bits per heavy atom. The second-order valence-electron chi connectivity index (χ2n) is 3.84. The van der Waals surface area contributed by atoms with Crippen molar-refractivity contribution in [3.8, 4) is 0 Å². The van der Waals surface area contributed by atoms with Crippen molar-refractivity contribution in [3.63, 3.8) is 0 Å². The zero-order valence-corrected chi connectivity index (χ0v) is 13.9. The minimum absolute atomic E-state index is 0.0855. The molecule has 0 amide bonds. The lowest BCUT2D eigenvalue weighted by atomic mass is 10.3. The van der Waals surface area contributed by atoms with Gasteiger partial charge in [-0.25, -0.2) is 17.5 Å². The number of nitrogens with one attached hydrogen (secondary N) is 2. The number of methoxy groups -OCH3 is 1. The molecule has 0 saturated carbocycles. The molecular formula is C11H15BrClFN2O3S. The third-order valence-electron chi connectivity index (χ3n) is 2.31. The molecule has 0 aliphatic rings. The van der Waals surface area contributed by atoms with Crippen LogP contribution in [0.1, 0.15) is 0 Å². The molecule has 5 nitrogen and oxygen atoms in total. The number of ether oxygens (including phenoxy) is 1. The van der Waals surface area contributed by atoms with E-state index >= 15 is 0 Å². The fraction of sp³-hybridized carbons (Fsp3) is 0.455. The zero-order chi connectivity index (χ0) is 15.2. The maximum Gasteiger partial charge on any atom is 0.243 e. The van der Waals surface area contributed by atoms with E-state index in [1.165, 1.54) is 0 Å². The van der Waals surface area contributed by atoms with Gasteiger partial charge in [-0.05, 0) is 28.1 Å². The molecule has 0 saturated heterocycles. The first kappa shape index (κ1) is 17.8. The SMILES string of the molecule is COCCNCCNS(=O)(=O)c1c(Cl)cc(F)cc1Br. The number of hydrogen-bond acceptors (Lipinski definition) is 4. The van der Waals surface area contributed by atoms with Gasteiger partial charge in [0.1, 0.15) is 10.7 Å². The summed E-state index contributed by atoms with van der Waals surface area (Å²) in [6.07, 6.45) is 0. The third kappa shape index (κ3) is 5.27. The van der Waals surface area contributed by atoms with E-state index in [2.05, 4.69) is 26.0 Å². The van der Waals surface area contributed by atoms with Crippen molar-refractivity contribution >= 4 is 37.6 Å². The summed E-state index contributed by atoms with van der Waals surface area (Å²) in [7, 11) is -2.22. The summed E-state index contributed by atoms with van der Waals surface area (Å²) in [4.78, 5) is -0.169. The standard InChI is InChI=1S/C11H15BrClFN2O3S/c1-19-5-4-15-2-3-16-20(17,18)11-9(12)6-8(14)7-10(11)13/h6-7,15-16H,2-5H2,1H3. The van der Waals surface area contributed by atoms with Crippen LogP contribution in [-0.2, 0) is 14.8 Å². The van der Waals surface area contributed by atoms with E-state index in [1.54, 1.807) is 7.11 Å². The lowest BCUT2D eigenvalue weighted by Crippen LogP contribution is -2.33. The highest BCUT2D eigenvalue weighted by Crippen LogP contribution is 2.30. The fourth-order valence-electron chi connectivity index (χ4n) is 1.43. The molecule has 0 spiro atoms. The first-order chi connectivity index (χ1) is 9.38. The molecule has 9 heteroatoms. The van der Waals surface area contributed by atoms with Crippen LogP contribution in [0.4, 0.5) is 4.39 Å². The Morgan fingerprint density at radius 1 is 1.35 bits per heavy atom. The minimum atomic E-state index is -3.80. The Balaban J connectivity index is 2.66. The first-order valence-corrected chi connectivity index (χ1v) is 8.37. The van der Waals surface area contributed by atoms with Gasteiger partial charge in [-0.1, -0.05) is 11.6 Å². The monoisotopic (exact) mass is 388 g/mol.